The fourth-order valence-corrected chi connectivity index (χ4v) is 5.63. The number of nitrogens with one attached hydrogen (secondary N) is 1. The first-order chi connectivity index (χ1) is 16.5. The molecule has 1 saturated heterocycles. The Morgan fingerprint density at radius 1 is 1.06 bits per heavy atom. The van der Waals surface area contributed by atoms with Crippen molar-refractivity contribution < 1.29 is 4.79 Å². The van der Waals surface area contributed by atoms with Crippen molar-refractivity contribution in [1.29, 1.82) is 0 Å². The highest BCUT2D eigenvalue weighted by Gasteiger charge is 2.47. The molecule has 2 aliphatic heterocycles. The van der Waals surface area contributed by atoms with Gasteiger partial charge in [-0.2, -0.15) is 0 Å². The van der Waals surface area contributed by atoms with Crippen molar-refractivity contribution in [2.24, 2.45) is 0 Å². The van der Waals surface area contributed by atoms with E-state index in [1.165, 1.54) is 5.56 Å². The monoisotopic (exact) mass is 472 g/mol. The third kappa shape index (κ3) is 2.83. The highest BCUT2D eigenvalue weighted by atomic mass is 35.5. The molecule has 4 aromatic rings. The largest absolute Gasteiger partial charge is 0.343 e. The summed E-state index contributed by atoms with van der Waals surface area (Å²) in [4.78, 5) is 16.2. The minimum Gasteiger partial charge on any atom is -0.343 e. The molecular formula is C26H25ClN6O. The average molecular weight is 473 g/mol. The van der Waals surface area contributed by atoms with E-state index in [0.717, 1.165) is 65.5 Å². The smallest absolute Gasteiger partial charge is 0.261 e. The Bertz CT molecular complexity index is 1460. The third-order valence-corrected chi connectivity index (χ3v) is 7.78. The van der Waals surface area contributed by atoms with Crippen LogP contribution in [0.1, 0.15) is 69.4 Å². The molecule has 7 nitrogen and oxygen atoms in total. The van der Waals surface area contributed by atoms with Crippen LogP contribution < -0.4 is 10.2 Å². The number of pyridine rings is 1. The van der Waals surface area contributed by atoms with Crippen LogP contribution in [0.2, 0.25) is 5.02 Å². The number of benzene rings is 1. The van der Waals surface area contributed by atoms with Gasteiger partial charge in [-0.3, -0.25) is 14.1 Å². The van der Waals surface area contributed by atoms with Crippen LogP contribution in [0.4, 0.5) is 5.69 Å². The summed E-state index contributed by atoms with van der Waals surface area (Å²) in [6.07, 6.45) is 6.58. The molecular weight excluding hydrogens is 448 g/mol. The van der Waals surface area contributed by atoms with Crippen molar-refractivity contribution in [3.63, 3.8) is 0 Å². The Morgan fingerprint density at radius 2 is 1.82 bits per heavy atom. The minimum absolute atomic E-state index is 0.0763. The van der Waals surface area contributed by atoms with Gasteiger partial charge < -0.3 is 9.88 Å². The normalized spacial score (nSPS) is 20.3. The van der Waals surface area contributed by atoms with Crippen molar-refractivity contribution in [2.45, 2.75) is 44.7 Å². The van der Waals surface area contributed by atoms with Gasteiger partial charge in [0.05, 0.1) is 23.0 Å². The van der Waals surface area contributed by atoms with Crippen LogP contribution >= 0.6 is 11.6 Å². The first kappa shape index (κ1) is 20.2. The van der Waals surface area contributed by atoms with Gasteiger partial charge in [0.15, 0.2) is 5.65 Å². The zero-order valence-corrected chi connectivity index (χ0v) is 19.9. The van der Waals surface area contributed by atoms with Crippen LogP contribution in [0, 0.1) is 13.8 Å². The number of nitrogens with zero attached hydrogens (tertiary/aromatic N) is 5. The summed E-state index contributed by atoms with van der Waals surface area (Å²) in [6, 6.07) is 10.1. The number of fused-ring (bicyclic) bond motifs is 2. The van der Waals surface area contributed by atoms with Gasteiger partial charge in [-0.1, -0.05) is 23.7 Å². The Balaban J connectivity index is 1.47. The van der Waals surface area contributed by atoms with Gasteiger partial charge in [-0.25, -0.2) is 0 Å². The lowest BCUT2D eigenvalue weighted by Gasteiger charge is -2.33. The van der Waals surface area contributed by atoms with Crippen molar-refractivity contribution in [1.82, 2.24) is 24.5 Å². The summed E-state index contributed by atoms with van der Waals surface area (Å²) >= 11 is 6.25. The summed E-state index contributed by atoms with van der Waals surface area (Å²) in [5, 5.41) is 12.6. The highest BCUT2D eigenvalue weighted by Crippen LogP contribution is 2.51. The molecule has 5 heterocycles. The van der Waals surface area contributed by atoms with E-state index in [4.69, 9.17) is 11.6 Å². The number of rotatable bonds is 4. The van der Waals surface area contributed by atoms with Crippen molar-refractivity contribution in [3.8, 4) is 0 Å². The number of aryl methyl sites for hydroxylation is 2. The van der Waals surface area contributed by atoms with E-state index in [-0.39, 0.29) is 11.9 Å². The molecule has 0 spiro atoms. The van der Waals surface area contributed by atoms with E-state index < -0.39 is 0 Å². The molecule has 8 heteroatoms. The van der Waals surface area contributed by atoms with Gasteiger partial charge >= 0.3 is 0 Å². The number of hydrogen-bond donors (Lipinski definition) is 1. The van der Waals surface area contributed by atoms with Gasteiger partial charge in [0.25, 0.3) is 5.91 Å². The summed E-state index contributed by atoms with van der Waals surface area (Å²) < 4.78 is 4.36. The maximum absolute atomic E-state index is 14.2. The second kappa shape index (κ2) is 7.17. The Labute approximate surface area is 202 Å². The van der Waals surface area contributed by atoms with Gasteiger partial charge in [-0.05, 0) is 67.5 Å². The standard InChI is InChI=1S/C26H25ClN6O/c1-14-9-19(12-31-15(2)29-30-25(14)31)33-23(17-5-7-18(27)8-6-17)24-22(26(33)34)21(16-3-4-16)13-32(24)20-10-28-11-20/h5-9,12-13,16,20,23,28H,3-4,10-11H2,1-2H3. The average Bonchev–Trinajstić information content (AvgIpc) is 3.37. The molecule has 1 unspecified atom stereocenters. The number of carbonyl (C=O) groups is 1. The fraction of sp³-hybridized carbons (Fsp3) is 0.346. The third-order valence-electron chi connectivity index (χ3n) is 7.53. The van der Waals surface area contributed by atoms with Crippen molar-refractivity contribution in [2.75, 3.05) is 18.0 Å². The van der Waals surface area contributed by atoms with Crippen LogP contribution in [-0.2, 0) is 0 Å². The quantitative estimate of drug-likeness (QED) is 0.472. The molecule has 34 heavy (non-hydrogen) atoms. The van der Waals surface area contributed by atoms with Gasteiger partial charge in [-0.15, -0.1) is 10.2 Å². The SMILES string of the molecule is Cc1cc(N2C(=O)c3c(C4CC4)cn(C4CNC4)c3C2c2ccc(Cl)cc2)cn2c(C)nnc12. The predicted octanol–water partition coefficient (Wildman–Crippen LogP) is 4.57. The van der Waals surface area contributed by atoms with Crippen LogP contribution in [0.5, 0.6) is 0 Å². The predicted molar refractivity (Wildman–Crippen MR) is 131 cm³/mol. The molecule has 7 rings (SSSR count). The molecule has 1 aromatic carbocycles. The second-order valence-electron chi connectivity index (χ2n) is 9.79. The van der Waals surface area contributed by atoms with E-state index in [9.17, 15) is 4.79 Å². The number of amides is 1. The molecule has 0 bridgehead atoms. The molecule has 1 aliphatic carbocycles. The molecule has 1 saturated carbocycles. The lowest BCUT2D eigenvalue weighted by Crippen LogP contribution is -2.44. The maximum Gasteiger partial charge on any atom is 0.261 e. The molecule has 1 atom stereocenters. The maximum atomic E-state index is 14.2. The molecule has 3 aromatic heterocycles. The van der Waals surface area contributed by atoms with E-state index in [0.29, 0.717) is 17.0 Å². The second-order valence-corrected chi connectivity index (χ2v) is 10.2. The summed E-state index contributed by atoms with van der Waals surface area (Å²) in [5.74, 6) is 1.37. The van der Waals surface area contributed by atoms with Crippen LogP contribution in [-0.4, -0.2) is 38.2 Å². The first-order valence-corrected chi connectivity index (χ1v) is 12.3. The van der Waals surface area contributed by atoms with Gasteiger partial charge in [0, 0.05) is 30.5 Å². The zero-order valence-electron chi connectivity index (χ0n) is 19.1. The molecule has 1 N–H and O–H groups in total. The Morgan fingerprint density at radius 3 is 2.50 bits per heavy atom. The van der Waals surface area contributed by atoms with E-state index in [1.54, 1.807) is 0 Å². The van der Waals surface area contributed by atoms with Gasteiger partial charge in [0.1, 0.15) is 11.9 Å². The molecule has 0 radical (unpaired) electrons. The number of carbonyl (C=O) groups excluding carboxylic acids is 1. The molecule has 3 aliphatic rings. The van der Waals surface area contributed by atoms with E-state index in [1.807, 2.05) is 53.6 Å². The fourth-order valence-electron chi connectivity index (χ4n) is 5.51. The summed E-state index contributed by atoms with van der Waals surface area (Å²) in [7, 11) is 0. The summed E-state index contributed by atoms with van der Waals surface area (Å²) in [5.41, 5.74) is 6.94. The first-order valence-electron chi connectivity index (χ1n) is 11.9. The van der Waals surface area contributed by atoms with Gasteiger partial charge in [0.2, 0.25) is 0 Å². The molecule has 2 fully saturated rings. The molecule has 172 valence electrons. The van der Waals surface area contributed by atoms with Crippen molar-refractivity contribution in [3.05, 3.63) is 81.5 Å². The number of hydrogen-bond acceptors (Lipinski definition) is 4. The Hall–Kier alpha value is -3.16. The highest BCUT2D eigenvalue weighted by molar-refractivity contribution is 6.30. The number of anilines is 1. The number of halogens is 1. The van der Waals surface area contributed by atoms with Crippen molar-refractivity contribution >= 4 is 28.8 Å². The van der Waals surface area contributed by atoms with Crippen LogP contribution in [0.25, 0.3) is 5.65 Å². The lowest BCUT2D eigenvalue weighted by atomic mass is 10.0. The van der Waals surface area contributed by atoms with Crippen LogP contribution in [0.3, 0.4) is 0 Å². The molecule has 1 amide bonds. The number of aromatic nitrogens is 4. The van der Waals surface area contributed by atoms with E-state index in [2.05, 4.69) is 32.3 Å². The Kier molecular flexibility index (Phi) is 4.27. The lowest BCUT2D eigenvalue weighted by molar-refractivity contribution is 0.0992. The topological polar surface area (TPSA) is 67.5 Å². The summed E-state index contributed by atoms with van der Waals surface area (Å²) in [6.45, 7) is 5.81. The van der Waals surface area contributed by atoms with E-state index >= 15 is 0 Å². The van der Waals surface area contributed by atoms with Crippen LogP contribution in [0.15, 0.2) is 42.7 Å². The minimum atomic E-state index is -0.221. The zero-order chi connectivity index (χ0) is 23.1.